The van der Waals surface area contributed by atoms with Crippen molar-refractivity contribution in [3.05, 3.63) is 30.5 Å². The Bertz CT molecular complexity index is 664. The van der Waals surface area contributed by atoms with E-state index in [1.807, 2.05) is 43.0 Å². The number of thioether (sulfide) groups is 1. The number of nitrogens with zero attached hydrogens (tertiary/aromatic N) is 3. The molecule has 0 bridgehead atoms. The molecule has 116 valence electrons. The molecule has 1 amide bonds. The Morgan fingerprint density at radius 1 is 1.32 bits per heavy atom. The highest BCUT2D eigenvalue weighted by Crippen LogP contribution is 2.25. The van der Waals surface area contributed by atoms with Crippen LogP contribution in [0.5, 0.6) is 0 Å². The Hall–Kier alpha value is -1.66. The first kappa shape index (κ1) is 15.2. The van der Waals surface area contributed by atoms with E-state index in [1.165, 1.54) is 11.8 Å². The molecular formula is C16H19N3O2S. The standard InChI is InChI=1S/C16H19N3O2S/c1-11-8-19(9-12(2)21-11)15(20)10-22-16-14-6-4-3-5-13(14)7-17-18-16/h3-7,11-12H,8-10H2,1-2H3. The van der Waals surface area contributed by atoms with E-state index in [0.717, 1.165) is 15.8 Å². The van der Waals surface area contributed by atoms with E-state index < -0.39 is 0 Å². The summed E-state index contributed by atoms with van der Waals surface area (Å²) >= 11 is 1.45. The number of fused-ring (bicyclic) bond motifs is 1. The number of ether oxygens (including phenoxy) is 1. The van der Waals surface area contributed by atoms with Gasteiger partial charge in [0.05, 0.1) is 24.2 Å². The van der Waals surface area contributed by atoms with Crippen molar-refractivity contribution in [3.63, 3.8) is 0 Å². The maximum atomic E-state index is 12.4. The van der Waals surface area contributed by atoms with Crippen LogP contribution < -0.4 is 0 Å². The fourth-order valence-electron chi connectivity index (χ4n) is 2.71. The van der Waals surface area contributed by atoms with Crippen LogP contribution in [0, 0.1) is 0 Å². The predicted octanol–water partition coefficient (Wildman–Crippen LogP) is 2.36. The van der Waals surface area contributed by atoms with Gasteiger partial charge in [-0.25, -0.2) is 0 Å². The van der Waals surface area contributed by atoms with Crippen LogP contribution >= 0.6 is 11.8 Å². The van der Waals surface area contributed by atoms with Crippen molar-refractivity contribution in [2.45, 2.75) is 31.1 Å². The second-order valence-corrected chi connectivity index (χ2v) is 6.55. The van der Waals surface area contributed by atoms with Gasteiger partial charge in [0.15, 0.2) is 0 Å². The summed E-state index contributed by atoms with van der Waals surface area (Å²) in [6, 6.07) is 7.96. The third kappa shape index (κ3) is 3.39. The monoisotopic (exact) mass is 317 g/mol. The first-order chi connectivity index (χ1) is 10.6. The Morgan fingerprint density at radius 2 is 2.05 bits per heavy atom. The minimum atomic E-state index is 0.0926. The van der Waals surface area contributed by atoms with Crippen molar-refractivity contribution in [2.24, 2.45) is 0 Å². The van der Waals surface area contributed by atoms with E-state index in [-0.39, 0.29) is 18.1 Å². The highest BCUT2D eigenvalue weighted by Gasteiger charge is 2.25. The zero-order valence-electron chi connectivity index (χ0n) is 12.7. The van der Waals surface area contributed by atoms with E-state index in [0.29, 0.717) is 18.8 Å². The maximum Gasteiger partial charge on any atom is 0.233 e. The van der Waals surface area contributed by atoms with Gasteiger partial charge in [0.2, 0.25) is 5.91 Å². The number of hydrogen-bond acceptors (Lipinski definition) is 5. The lowest BCUT2D eigenvalue weighted by Gasteiger charge is -2.35. The van der Waals surface area contributed by atoms with Crippen LogP contribution in [0.3, 0.4) is 0 Å². The molecule has 1 saturated heterocycles. The van der Waals surface area contributed by atoms with E-state index in [9.17, 15) is 4.79 Å². The van der Waals surface area contributed by atoms with Gasteiger partial charge in [0.25, 0.3) is 0 Å². The smallest absolute Gasteiger partial charge is 0.233 e. The first-order valence-corrected chi connectivity index (χ1v) is 8.38. The number of aromatic nitrogens is 2. The molecule has 2 unspecified atom stereocenters. The summed E-state index contributed by atoms with van der Waals surface area (Å²) in [5.74, 6) is 0.504. The summed E-state index contributed by atoms with van der Waals surface area (Å²) in [6.07, 6.45) is 1.93. The zero-order chi connectivity index (χ0) is 15.5. The molecule has 1 aromatic heterocycles. The second kappa shape index (κ2) is 6.62. The van der Waals surface area contributed by atoms with E-state index in [1.54, 1.807) is 6.20 Å². The molecule has 2 aromatic rings. The molecular weight excluding hydrogens is 298 g/mol. The van der Waals surface area contributed by atoms with Crippen LogP contribution in [0.25, 0.3) is 10.8 Å². The molecule has 0 saturated carbocycles. The molecule has 0 spiro atoms. The van der Waals surface area contributed by atoms with Crippen LogP contribution in [0.4, 0.5) is 0 Å². The van der Waals surface area contributed by atoms with Gasteiger partial charge in [-0.2, -0.15) is 5.10 Å². The Labute approximate surface area is 134 Å². The van der Waals surface area contributed by atoms with Crippen molar-refractivity contribution in [1.82, 2.24) is 15.1 Å². The first-order valence-electron chi connectivity index (χ1n) is 7.40. The third-order valence-corrected chi connectivity index (χ3v) is 4.61. The maximum absolute atomic E-state index is 12.4. The normalized spacial score (nSPS) is 22.0. The van der Waals surface area contributed by atoms with Gasteiger partial charge in [-0.15, -0.1) is 5.10 Å². The zero-order valence-corrected chi connectivity index (χ0v) is 13.5. The van der Waals surface area contributed by atoms with E-state index in [4.69, 9.17) is 4.74 Å². The van der Waals surface area contributed by atoms with Crippen molar-refractivity contribution in [3.8, 4) is 0 Å². The molecule has 22 heavy (non-hydrogen) atoms. The molecule has 6 heteroatoms. The number of carbonyl (C=O) groups excluding carboxylic acids is 1. The Kier molecular flexibility index (Phi) is 4.59. The second-order valence-electron chi connectivity index (χ2n) is 5.58. The van der Waals surface area contributed by atoms with Crippen molar-refractivity contribution >= 4 is 28.4 Å². The fraction of sp³-hybridized carbons (Fsp3) is 0.438. The minimum Gasteiger partial charge on any atom is -0.372 e. The van der Waals surface area contributed by atoms with Gasteiger partial charge in [0.1, 0.15) is 5.03 Å². The molecule has 1 aromatic carbocycles. The largest absolute Gasteiger partial charge is 0.372 e. The van der Waals surface area contributed by atoms with Crippen molar-refractivity contribution in [1.29, 1.82) is 0 Å². The summed E-state index contributed by atoms with van der Waals surface area (Å²) in [5, 5.41) is 11.1. The number of hydrogen-bond donors (Lipinski definition) is 0. The highest BCUT2D eigenvalue weighted by molar-refractivity contribution is 8.00. The van der Waals surface area contributed by atoms with Crippen LogP contribution in [0.15, 0.2) is 35.5 Å². The number of carbonyl (C=O) groups is 1. The van der Waals surface area contributed by atoms with Gasteiger partial charge in [-0.05, 0) is 13.8 Å². The fourth-order valence-corrected chi connectivity index (χ4v) is 3.60. The highest BCUT2D eigenvalue weighted by atomic mass is 32.2. The molecule has 2 heterocycles. The molecule has 3 rings (SSSR count). The van der Waals surface area contributed by atoms with Crippen LogP contribution in [-0.4, -0.2) is 52.1 Å². The predicted molar refractivity (Wildman–Crippen MR) is 86.9 cm³/mol. The van der Waals surface area contributed by atoms with Gasteiger partial charge < -0.3 is 9.64 Å². The van der Waals surface area contributed by atoms with Crippen molar-refractivity contribution < 1.29 is 9.53 Å². The van der Waals surface area contributed by atoms with E-state index in [2.05, 4.69) is 10.2 Å². The van der Waals surface area contributed by atoms with Gasteiger partial charge in [-0.1, -0.05) is 36.0 Å². The van der Waals surface area contributed by atoms with Crippen LogP contribution in [-0.2, 0) is 9.53 Å². The molecule has 1 fully saturated rings. The van der Waals surface area contributed by atoms with Crippen LogP contribution in [0.1, 0.15) is 13.8 Å². The molecule has 0 N–H and O–H groups in total. The Balaban J connectivity index is 1.67. The van der Waals surface area contributed by atoms with E-state index >= 15 is 0 Å². The Morgan fingerprint density at radius 3 is 2.82 bits per heavy atom. The summed E-state index contributed by atoms with van der Waals surface area (Å²) in [5.41, 5.74) is 0. The summed E-state index contributed by atoms with van der Waals surface area (Å²) in [4.78, 5) is 14.3. The molecule has 5 nitrogen and oxygen atoms in total. The summed E-state index contributed by atoms with van der Waals surface area (Å²) in [6.45, 7) is 5.31. The third-order valence-electron chi connectivity index (χ3n) is 3.64. The van der Waals surface area contributed by atoms with Gasteiger partial charge >= 0.3 is 0 Å². The SMILES string of the molecule is CC1CN(C(=O)CSc2nncc3ccccc23)CC(C)O1. The quantitative estimate of drug-likeness (QED) is 0.814. The van der Waals surface area contributed by atoms with Crippen molar-refractivity contribution in [2.75, 3.05) is 18.8 Å². The van der Waals surface area contributed by atoms with Gasteiger partial charge in [-0.3, -0.25) is 4.79 Å². The number of amides is 1. The summed E-state index contributed by atoms with van der Waals surface area (Å²) in [7, 11) is 0. The summed E-state index contributed by atoms with van der Waals surface area (Å²) < 4.78 is 5.66. The lowest BCUT2D eigenvalue weighted by Crippen LogP contribution is -2.48. The molecule has 1 aliphatic heterocycles. The molecule has 0 radical (unpaired) electrons. The topological polar surface area (TPSA) is 55.3 Å². The number of benzene rings is 1. The van der Waals surface area contributed by atoms with Gasteiger partial charge in [0, 0.05) is 23.9 Å². The lowest BCUT2D eigenvalue weighted by atomic mass is 10.2. The molecule has 2 atom stereocenters. The number of rotatable bonds is 3. The average molecular weight is 317 g/mol. The molecule has 1 aliphatic rings. The lowest BCUT2D eigenvalue weighted by molar-refractivity contribution is -0.140. The molecule has 0 aliphatic carbocycles. The minimum absolute atomic E-state index is 0.0926. The van der Waals surface area contributed by atoms with Crippen LogP contribution in [0.2, 0.25) is 0 Å². The number of morpholine rings is 1. The average Bonchev–Trinajstić information content (AvgIpc) is 2.51.